The lowest BCUT2D eigenvalue weighted by Gasteiger charge is -2.48. The summed E-state index contributed by atoms with van der Waals surface area (Å²) in [5, 5.41) is 0. The van der Waals surface area contributed by atoms with Crippen molar-refractivity contribution in [1.29, 1.82) is 0 Å². The van der Waals surface area contributed by atoms with Gasteiger partial charge in [0.15, 0.2) is 0 Å². The molecule has 0 aromatic heterocycles. The molecule has 0 spiro atoms. The molecule has 3 aromatic rings. The maximum Gasteiger partial charge on any atom is 0.243 e. The molecule has 2 fully saturated rings. The number of piperidine rings is 2. The molecular weight excluding hydrogens is 508 g/mol. The van der Waals surface area contributed by atoms with E-state index in [1.807, 2.05) is 44.2 Å². The summed E-state index contributed by atoms with van der Waals surface area (Å²) in [5.74, 6) is -0.854. The number of hydrogen-bond donors (Lipinski definition) is 0. The second kappa shape index (κ2) is 9.79. The van der Waals surface area contributed by atoms with Crippen molar-refractivity contribution in [1.82, 2.24) is 8.61 Å². The van der Waals surface area contributed by atoms with E-state index < -0.39 is 38.0 Å². The predicted octanol–water partition coefficient (Wildman–Crippen LogP) is 4.09. The summed E-state index contributed by atoms with van der Waals surface area (Å²) in [4.78, 5) is 13.8. The molecule has 37 heavy (non-hydrogen) atoms. The summed E-state index contributed by atoms with van der Waals surface area (Å²) in [6, 6.07) is 21.2. The van der Waals surface area contributed by atoms with Crippen molar-refractivity contribution >= 4 is 25.8 Å². The Morgan fingerprint density at radius 2 is 1.27 bits per heavy atom. The maximum atomic E-state index is 14.1. The van der Waals surface area contributed by atoms with Crippen LogP contribution in [-0.4, -0.2) is 50.4 Å². The highest BCUT2D eigenvalue weighted by molar-refractivity contribution is 7.89. The Bertz CT molecular complexity index is 1500. The van der Waals surface area contributed by atoms with E-state index >= 15 is 0 Å². The highest BCUT2D eigenvalue weighted by Crippen LogP contribution is 2.43. The van der Waals surface area contributed by atoms with Crippen LogP contribution in [0.1, 0.15) is 35.6 Å². The molecule has 9 heteroatoms. The number of ketones is 1. The summed E-state index contributed by atoms with van der Waals surface area (Å²) in [6.07, 6.45) is 0.227. The van der Waals surface area contributed by atoms with E-state index in [0.717, 1.165) is 16.7 Å². The fourth-order valence-electron chi connectivity index (χ4n) is 5.39. The van der Waals surface area contributed by atoms with Gasteiger partial charge in [-0.05, 0) is 50.1 Å². The molecule has 0 bridgehead atoms. The zero-order valence-corrected chi connectivity index (χ0v) is 22.5. The molecule has 2 aliphatic rings. The van der Waals surface area contributed by atoms with Crippen LogP contribution in [-0.2, 0) is 24.8 Å². The topological polar surface area (TPSA) is 91.8 Å². The third kappa shape index (κ3) is 4.77. The number of rotatable bonds is 5. The smallest absolute Gasteiger partial charge is 0.243 e. The van der Waals surface area contributed by atoms with Crippen LogP contribution in [0, 0.1) is 19.8 Å². The van der Waals surface area contributed by atoms with Crippen LogP contribution in [0.4, 0.5) is 0 Å². The Balaban J connectivity index is 1.53. The first-order valence-electron chi connectivity index (χ1n) is 12.3. The van der Waals surface area contributed by atoms with Crippen LogP contribution in [0.5, 0.6) is 0 Å². The van der Waals surface area contributed by atoms with E-state index in [4.69, 9.17) is 0 Å². The van der Waals surface area contributed by atoms with Gasteiger partial charge in [0.05, 0.1) is 15.8 Å². The van der Waals surface area contributed by atoms with Gasteiger partial charge in [0, 0.05) is 31.5 Å². The van der Waals surface area contributed by atoms with Crippen molar-refractivity contribution in [3.8, 4) is 0 Å². The van der Waals surface area contributed by atoms with Crippen molar-refractivity contribution in [2.45, 2.75) is 48.6 Å². The van der Waals surface area contributed by atoms with E-state index in [9.17, 15) is 21.6 Å². The zero-order chi connectivity index (χ0) is 26.4. The fraction of sp³-hybridized carbons (Fsp3) is 0.321. The summed E-state index contributed by atoms with van der Waals surface area (Å²) < 4.78 is 57.7. The van der Waals surface area contributed by atoms with Gasteiger partial charge in [-0.1, -0.05) is 65.7 Å². The number of nitrogens with zero attached hydrogens (tertiary/aromatic N) is 2. The van der Waals surface area contributed by atoms with Gasteiger partial charge in [-0.15, -0.1) is 0 Å². The van der Waals surface area contributed by atoms with Gasteiger partial charge in [0.25, 0.3) is 0 Å². The number of hydrogen-bond acceptors (Lipinski definition) is 5. The van der Waals surface area contributed by atoms with Crippen molar-refractivity contribution in [2.24, 2.45) is 5.92 Å². The summed E-state index contributed by atoms with van der Waals surface area (Å²) in [7, 11) is -7.78. The fourth-order valence-corrected chi connectivity index (χ4v) is 8.73. The van der Waals surface area contributed by atoms with Crippen LogP contribution in [0.15, 0.2) is 88.7 Å². The van der Waals surface area contributed by atoms with E-state index in [2.05, 4.69) is 0 Å². The molecule has 2 aliphatic heterocycles. The molecule has 5 rings (SSSR count). The quantitative estimate of drug-likeness (QED) is 0.488. The van der Waals surface area contributed by atoms with Crippen LogP contribution in [0.25, 0.3) is 0 Å². The zero-order valence-electron chi connectivity index (χ0n) is 20.8. The summed E-state index contributed by atoms with van der Waals surface area (Å²) in [5.41, 5.74) is 2.64. The average Bonchev–Trinajstić information content (AvgIpc) is 2.89. The molecule has 3 atom stereocenters. The molecule has 2 heterocycles. The standard InChI is InChI=1S/C28H30N2O5S2/c1-20-8-12-23(13-9-20)36(32,33)29-17-16-26-25(19-29)28(31)18-27(22-6-4-3-5-7-22)30(26)37(34,35)24-14-10-21(2)11-15-24/h3-15,25-27H,16-19H2,1-2H3/t25-,26+,27+/m1/s1. The van der Waals surface area contributed by atoms with Crippen molar-refractivity contribution in [3.63, 3.8) is 0 Å². The number of carbonyl (C=O) groups excluding carboxylic acids is 1. The largest absolute Gasteiger partial charge is 0.299 e. The minimum Gasteiger partial charge on any atom is -0.299 e. The van der Waals surface area contributed by atoms with Crippen LogP contribution < -0.4 is 0 Å². The molecule has 0 saturated carbocycles. The molecule has 2 saturated heterocycles. The Labute approximate surface area is 218 Å². The number of aryl methyl sites for hydroxylation is 2. The third-order valence-electron chi connectivity index (χ3n) is 7.42. The molecule has 194 valence electrons. The first kappa shape index (κ1) is 25.8. The molecule has 7 nitrogen and oxygen atoms in total. The Hall–Kier alpha value is -2.85. The first-order chi connectivity index (χ1) is 17.6. The lowest BCUT2D eigenvalue weighted by molar-refractivity contribution is -0.131. The van der Waals surface area contributed by atoms with Crippen molar-refractivity contribution in [3.05, 3.63) is 95.6 Å². The molecule has 0 N–H and O–H groups in total. The van der Waals surface area contributed by atoms with Gasteiger partial charge in [0.2, 0.25) is 20.0 Å². The van der Waals surface area contributed by atoms with E-state index in [0.29, 0.717) is 0 Å². The molecule has 3 aromatic carbocycles. The number of fused-ring (bicyclic) bond motifs is 1. The first-order valence-corrected chi connectivity index (χ1v) is 15.2. The lowest BCUT2D eigenvalue weighted by Crippen LogP contribution is -2.60. The molecule has 0 amide bonds. The van der Waals surface area contributed by atoms with Crippen molar-refractivity contribution in [2.75, 3.05) is 13.1 Å². The Morgan fingerprint density at radius 3 is 1.84 bits per heavy atom. The van der Waals surface area contributed by atoms with Gasteiger partial charge in [-0.2, -0.15) is 8.61 Å². The van der Waals surface area contributed by atoms with Crippen LogP contribution in [0.3, 0.4) is 0 Å². The number of benzene rings is 3. The number of Topliss-reactive ketones (excluding diaryl/α,β-unsaturated/α-hetero) is 1. The normalized spacial score (nSPS) is 23.5. The van der Waals surface area contributed by atoms with Gasteiger partial charge >= 0.3 is 0 Å². The second-order valence-electron chi connectivity index (χ2n) is 9.88. The van der Waals surface area contributed by atoms with Crippen LogP contribution >= 0.6 is 0 Å². The average molecular weight is 539 g/mol. The highest BCUT2D eigenvalue weighted by atomic mass is 32.2. The minimum absolute atomic E-state index is 0.00527. The number of sulfonamides is 2. The minimum atomic E-state index is -3.97. The van der Waals surface area contributed by atoms with E-state index in [1.54, 1.807) is 48.5 Å². The Morgan fingerprint density at radius 1 is 0.730 bits per heavy atom. The van der Waals surface area contributed by atoms with Gasteiger partial charge in [-0.3, -0.25) is 4.79 Å². The second-order valence-corrected chi connectivity index (χ2v) is 13.7. The third-order valence-corrected chi connectivity index (χ3v) is 11.2. The van der Waals surface area contributed by atoms with Gasteiger partial charge < -0.3 is 0 Å². The number of carbonyl (C=O) groups is 1. The predicted molar refractivity (Wildman–Crippen MR) is 141 cm³/mol. The molecular formula is C28H30N2O5S2. The van der Waals surface area contributed by atoms with Gasteiger partial charge in [-0.25, -0.2) is 16.8 Å². The van der Waals surface area contributed by atoms with Gasteiger partial charge in [0.1, 0.15) is 5.78 Å². The van der Waals surface area contributed by atoms with E-state index in [1.165, 1.54) is 8.61 Å². The Kier molecular flexibility index (Phi) is 6.83. The summed E-state index contributed by atoms with van der Waals surface area (Å²) in [6.45, 7) is 3.87. The lowest BCUT2D eigenvalue weighted by atomic mass is 9.81. The monoisotopic (exact) mass is 538 g/mol. The SMILES string of the molecule is Cc1ccc(S(=O)(=O)N2CC[C@H]3[C@@H](C2)C(=O)C[C@@H](c2ccccc2)N3S(=O)(=O)c2ccc(C)cc2)cc1. The summed E-state index contributed by atoms with van der Waals surface area (Å²) >= 11 is 0. The highest BCUT2D eigenvalue weighted by Gasteiger charge is 2.51. The van der Waals surface area contributed by atoms with Crippen molar-refractivity contribution < 1.29 is 21.6 Å². The molecule has 0 aliphatic carbocycles. The molecule has 0 unspecified atom stereocenters. The maximum absolute atomic E-state index is 14.1. The van der Waals surface area contributed by atoms with E-state index in [-0.39, 0.29) is 41.5 Å². The van der Waals surface area contributed by atoms with Crippen LogP contribution in [0.2, 0.25) is 0 Å². The molecule has 0 radical (unpaired) electrons.